The first-order chi connectivity index (χ1) is 6.70. The fourth-order valence-corrected chi connectivity index (χ4v) is 2.32. The topological polar surface area (TPSA) is 42.2 Å². The number of carbonyl (C=O) groups is 1. The molecule has 0 radical (unpaired) electrons. The number of aryl methyl sites for hydroxylation is 1. The predicted octanol–water partition coefficient (Wildman–Crippen LogP) is 2.09. The second-order valence-electron chi connectivity index (χ2n) is 4.06. The summed E-state index contributed by atoms with van der Waals surface area (Å²) in [5.41, 5.74) is 0.961. The molecule has 3 nitrogen and oxygen atoms in total. The fraction of sp³-hybridized carbons (Fsp3) is 0.545. The van der Waals surface area contributed by atoms with Gasteiger partial charge in [-0.25, -0.2) is 0 Å². The Labute approximate surface area is 83.4 Å². The SMILES string of the molecule is CC1CCCn2cccc2C1C(=O)O. The summed E-state index contributed by atoms with van der Waals surface area (Å²) >= 11 is 0. The Bertz CT molecular complexity index is 343. The van der Waals surface area contributed by atoms with Crippen molar-refractivity contribution in [2.45, 2.75) is 32.2 Å². The molecule has 2 heterocycles. The molecule has 2 unspecified atom stereocenters. The number of carboxylic acid groups (broad SMARTS) is 1. The van der Waals surface area contributed by atoms with Crippen molar-refractivity contribution >= 4 is 5.97 Å². The van der Waals surface area contributed by atoms with Gasteiger partial charge in [0.15, 0.2) is 0 Å². The minimum Gasteiger partial charge on any atom is -0.481 e. The molecule has 1 aliphatic rings. The molecule has 1 aromatic heterocycles. The fourth-order valence-electron chi connectivity index (χ4n) is 2.32. The molecule has 1 aromatic rings. The first kappa shape index (κ1) is 9.31. The Morgan fingerprint density at radius 2 is 2.43 bits per heavy atom. The first-order valence-electron chi connectivity index (χ1n) is 5.08. The minimum atomic E-state index is -0.695. The van der Waals surface area contributed by atoms with Gasteiger partial charge in [-0.15, -0.1) is 0 Å². The van der Waals surface area contributed by atoms with Crippen molar-refractivity contribution in [1.82, 2.24) is 4.57 Å². The zero-order valence-corrected chi connectivity index (χ0v) is 8.31. The first-order valence-corrected chi connectivity index (χ1v) is 5.08. The molecule has 76 valence electrons. The summed E-state index contributed by atoms with van der Waals surface area (Å²) in [5, 5.41) is 9.19. The van der Waals surface area contributed by atoms with Gasteiger partial charge in [-0.05, 0) is 30.9 Å². The average Bonchev–Trinajstić information content (AvgIpc) is 2.47. The van der Waals surface area contributed by atoms with Gasteiger partial charge in [-0.2, -0.15) is 0 Å². The highest BCUT2D eigenvalue weighted by Gasteiger charge is 2.30. The molecule has 0 aromatic carbocycles. The predicted molar refractivity (Wildman–Crippen MR) is 53.2 cm³/mol. The van der Waals surface area contributed by atoms with E-state index in [0.29, 0.717) is 0 Å². The Morgan fingerprint density at radius 3 is 3.14 bits per heavy atom. The maximum Gasteiger partial charge on any atom is 0.312 e. The van der Waals surface area contributed by atoms with Crippen LogP contribution >= 0.6 is 0 Å². The van der Waals surface area contributed by atoms with E-state index in [4.69, 9.17) is 0 Å². The van der Waals surface area contributed by atoms with Gasteiger partial charge in [-0.3, -0.25) is 4.79 Å². The molecule has 0 aliphatic carbocycles. The third-order valence-corrected chi connectivity index (χ3v) is 3.08. The standard InChI is InChI=1S/C11H15NO2/c1-8-4-2-6-12-7-3-5-9(12)10(8)11(13)14/h3,5,7-8,10H,2,4,6H2,1H3,(H,13,14). The Morgan fingerprint density at radius 1 is 1.64 bits per heavy atom. The van der Waals surface area contributed by atoms with Gasteiger partial charge in [-0.1, -0.05) is 6.92 Å². The van der Waals surface area contributed by atoms with Crippen molar-refractivity contribution in [3.63, 3.8) is 0 Å². The van der Waals surface area contributed by atoms with Gasteiger partial charge >= 0.3 is 5.97 Å². The van der Waals surface area contributed by atoms with Crippen molar-refractivity contribution in [3.8, 4) is 0 Å². The van der Waals surface area contributed by atoms with Gasteiger partial charge < -0.3 is 9.67 Å². The Balaban J connectivity index is 2.41. The highest BCUT2D eigenvalue weighted by molar-refractivity contribution is 5.76. The lowest BCUT2D eigenvalue weighted by Crippen LogP contribution is -2.19. The van der Waals surface area contributed by atoms with E-state index in [1.54, 1.807) is 0 Å². The molecule has 0 spiro atoms. The molecule has 0 saturated carbocycles. The number of nitrogens with zero attached hydrogens (tertiary/aromatic N) is 1. The summed E-state index contributed by atoms with van der Waals surface area (Å²) in [6.45, 7) is 2.98. The van der Waals surface area contributed by atoms with Crippen molar-refractivity contribution < 1.29 is 9.90 Å². The average molecular weight is 193 g/mol. The number of fused-ring (bicyclic) bond motifs is 1. The number of carboxylic acids is 1. The molecule has 3 heteroatoms. The molecule has 0 saturated heterocycles. The molecule has 0 fully saturated rings. The Kier molecular flexibility index (Phi) is 2.32. The van der Waals surface area contributed by atoms with Crippen LogP contribution in [0.3, 0.4) is 0 Å². The maximum atomic E-state index is 11.2. The van der Waals surface area contributed by atoms with Gasteiger partial charge in [0.1, 0.15) is 0 Å². The van der Waals surface area contributed by atoms with E-state index in [1.807, 2.05) is 25.3 Å². The van der Waals surface area contributed by atoms with Crippen LogP contribution in [0, 0.1) is 5.92 Å². The molecular weight excluding hydrogens is 178 g/mol. The van der Waals surface area contributed by atoms with Gasteiger partial charge in [0.05, 0.1) is 5.92 Å². The smallest absolute Gasteiger partial charge is 0.312 e. The number of aliphatic carboxylic acids is 1. The zero-order valence-electron chi connectivity index (χ0n) is 8.31. The molecule has 0 amide bonds. The van der Waals surface area contributed by atoms with Gasteiger partial charge in [0.25, 0.3) is 0 Å². The van der Waals surface area contributed by atoms with E-state index in [1.165, 1.54) is 0 Å². The molecule has 14 heavy (non-hydrogen) atoms. The third-order valence-electron chi connectivity index (χ3n) is 3.08. The van der Waals surface area contributed by atoms with Crippen molar-refractivity contribution in [2.75, 3.05) is 0 Å². The normalized spacial score (nSPS) is 26.6. The minimum absolute atomic E-state index is 0.239. The summed E-state index contributed by atoms with van der Waals surface area (Å²) in [6.07, 6.45) is 4.05. The molecular formula is C11H15NO2. The summed E-state index contributed by atoms with van der Waals surface area (Å²) in [7, 11) is 0. The number of hydrogen-bond donors (Lipinski definition) is 1. The van der Waals surface area contributed by atoms with Crippen LogP contribution in [0.4, 0.5) is 0 Å². The monoisotopic (exact) mass is 193 g/mol. The molecule has 2 rings (SSSR count). The molecule has 2 atom stereocenters. The molecule has 1 N–H and O–H groups in total. The highest BCUT2D eigenvalue weighted by atomic mass is 16.4. The summed E-state index contributed by atoms with van der Waals surface area (Å²) < 4.78 is 2.07. The number of hydrogen-bond acceptors (Lipinski definition) is 1. The lowest BCUT2D eigenvalue weighted by Gasteiger charge is -2.17. The van der Waals surface area contributed by atoms with E-state index >= 15 is 0 Å². The van der Waals surface area contributed by atoms with Crippen LogP contribution in [0.1, 0.15) is 31.4 Å². The van der Waals surface area contributed by atoms with Crippen LogP contribution in [0.15, 0.2) is 18.3 Å². The number of aromatic nitrogens is 1. The summed E-state index contributed by atoms with van der Waals surface area (Å²) in [4.78, 5) is 11.2. The largest absolute Gasteiger partial charge is 0.481 e. The van der Waals surface area contributed by atoms with Crippen LogP contribution in [-0.2, 0) is 11.3 Å². The van der Waals surface area contributed by atoms with E-state index in [2.05, 4.69) is 4.57 Å². The van der Waals surface area contributed by atoms with E-state index < -0.39 is 5.97 Å². The second kappa shape index (κ2) is 3.48. The van der Waals surface area contributed by atoms with Crippen molar-refractivity contribution in [2.24, 2.45) is 5.92 Å². The summed E-state index contributed by atoms with van der Waals surface area (Å²) in [6, 6.07) is 3.86. The zero-order chi connectivity index (χ0) is 10.1. The van der Waals surface area contributed by atoms with Crippen molar-refractivity contribution in [1.29, 1.82) is 0 Å². The van der Waals surface area contributed by atoms with Crippen LogP contribution in [0.25, 0.3) is 0 Å². The highest BCUT2D eigenvalue weighted by Crippen LogP contribution is 2.31. The molecule has 0 bridgehead atoms. The van der Waals surface area contributed by atoms with Crippen LogP contribution in [0.2, 0.25) is 0 Å². The van der Waals surface area contributed by atoms with Crippen LogP contribution in [-0.4, -0.2) is 15.6 Å². The maximum absolute atomic E-state index is 11.2. The molecule has 1 aliphatic heterocycles. The van der Waals surface area contributed by atoms with Gasteiger partial charge in [0.2, 0.25) is 0 Å². The Hall–Kier alpha value is -1.25. The summed E-state index contributed by atoms with van der Waals surface area (Å²) in [5.74, 6) is -0.782. The van der Waals surface area contributed by atoms with Gasteiger partial charge in [0, 0.05) is 18.4 Å². The van der Waals surface area contributed by atoms with E-state index in [0.717, 1.165) is 25.1 Å². The van der Waals surface area contributed by atoms with Crippen molar-refractivity contribution in [3.05, 3.63) is 24.0 Å². The third kappa shape index (κ3) is 1.43. The van der Waals surface area contributed by atoms with Crippen LogP contribution < -0.4 is 0 Å². The lowest BCUT2D eigenvalue weighted by atomic mass is 9.89. The lowest BCUT2D eigenvalue weighted by molar-refractivity contribution is -0.140. The second-order valence-corrected chi connectivity index (χ2v) is 4.06. The number of rotatable bonds is 1. The van der Waals surface area contributed by atoms with E-state index in [-0.39, 0.29) is 11.8 Å². The van der Waals surface area contributed by atoms with E-state index in [9.17, 15) is 9.90 Å². The quantitative estimate of drug-likeness (QED) is 0.742. The van der Waals surface area contributed by atoms with Crippen LogP contribution in [0.5, 0.6) is 0 Å².